The molecule has 116 valence electrons. The Labute approximate surface area is 121 Å². The predicted molar refractivity (Wildman–Crippen MR) is 85.2 cm³/mol. The van der Waals surface area contributed by atoms with Crippen LogP contribution in [-0.4, -0.2) is 11.8 Å². The van der Waals surface area contributed by atoms with Gasteiger partial charge in [0, 0.05) is 0 Å². The van der Waals surface area contributed by atoms with E-state index in [1.165, 1.54) is 44.9 Å². The van der Waals surface area contributed by atoms with Crippen molar-refractivity contribution in [2.45, 2.75) is 104 Å². The molecule has 0 bridgehead atoms. The van der Waals surface area contributed by atoms with Crippen molar-refractivity contribution < 1.29 is 4.74 Å². The summed E-state index contributed by atoms with van der Waals surface area (Å²) in [5.74, 6) is 0.597. The Kier molecular flexibility index (Phi) is 10.6. The summed E-state index contributed by atoms with van der Waals surface area (Å²) in [6, 6.07) is 0. The van der Waals surface area contributed by atoms with Gasteiger partial charge in [-0.2, -0.15) is 0 Å². The molecule has 2 atom stereocenters. The zero-order valence-corrected chi connectivity index (χ0v) is 14.0. The summed E-state index contributed by atoms with van der Waals surface area (Å²) in [5.41, 5.74) is 5.84. The summed E-state index contributed by atoms with van der Waals surface area (Å²) in [4.78, 5) is 0. The number of nitrogens with two attached hydrogens (primary N) is 1. The van der Waals surface area contributed by atoms with Crippen molar-refractivity contribution in [2.24, 2.45) is 11.7 Å². The van der Waals surface area contributed by atoms with Crippen LogP contribution in [0.4, 0.5) is 0 Å². The van der Waals surface area contributed by atoms with Gasteiger partial charge in [0.05, 0.1) is 5.60 Å². The Bertz CT molecular complexity index is 199. The molecule has 0 radical (unpaired) electrons. The maximum atomic E-state index is 6.07. The highest BCUT2D eigenvalue weighted by Crippen LogP contribution is 2.33. The van der Waals surface area contributed by atoms with Crippen molar-refractivity contribution in [1.29, 1.82) is 0 Å². The molecule has 0 spiro atoms. The van der Waals surface area contributed by atoms with Crippen LogP contribution in [0.15, 0.2) is 0 Å². The second-order valence-electron chi connectivity index (χ2n) is 6.05. The Hall–Kier alpha value is -0.0800. The molecule has 0 rings (SSSR count). The van der Waals surface area contributed by atoms with Gasteiger partial charge in [0.2, 0.25) is 0 Å². The molecule has 2 heteroatoms. The standard InChI is InChI=1S/C17H37NO/c1-6-9-10-11-12-13-14-15(4)17(7-2,8-3)19-16(5)18/h15-16H,6-14,18H2,1-5H3. The molecule has 0 saturated heterocycles. The molecule has 2 N–H and O–H groups in total. The quantitative estimate of drug-likeness (QED) is 0.388. The van der Waals surface area contributed by atoms with Crippen LogP contribution in [-0.2, 0) is 4.74 Å². The minimum Gasteiger partial charge on any atom is -0.357 e. The SMILES string of the molecule is CCCCCCCCC(C)C(CC)(CC)OC(C)N. The Balaban J connectivity index is 4.07. The third-order valence-electron chi connectivity index (χ3n) is 4.51. The van der Waals surface area contributed by atoms with Gasteiger partial charge >= 0.3 is 0 Å². The predicted octanol–water partition coefficient (Wildman–Crippen LogP) is 5.25. The molecule has 2 unspecified atom stereocenters. The normalized spacial score (nSPS) is 15.5. The van der Waals surface area contributed by atoms with Gasteiger partial charge in [-0.3, -0.25) is 0 Å². The zero-order valence-electron chi connectivity index (χ0n) is 14.0. The van der Waals surface area contributed by atoms with Crippen molar-refractivity contribution in [1.82, 2.24) is 0 Å². The number of rotatable bonds is 12. The number of ether oxygens (including phenoxy) is 1. The van der Waals surface area contributed by atoms with E-state index in [-0.39, 0.29) is 11.8 Å². The molecule has 0 aromatic rings. The Morgan fingerprint density at radius 3 is 1.89 bits per heavy atom. The van der Waals surface area contributed by atoms with Gasteiger partial charge in [-0.05, 0) is 32.1 Å². The molecule has 0 aliphatic heterocycles. The third kappa shape index (κ3) is 7.31. The topological polar surface area (TPSA) is 35.2 Å². The van der Waals surface area contributed by atoms with E-state index in [2.05, 4.69) is 27.7 Å². The van der Waals surface area contributed by atoms with E-state index in [0.29, 0.717) is 5.92 Å². The molecule has 0 saturated carbocycles. The first-order valence-corrected chi connectivity index (χ1v) is 8.45. The van der Waals surface area contributed by atoms with Crippen LogP contribution in [0, 0.1) is 5.92 Å². The van der Waals surface area contributed by atoms with E-state index in [1.54, 1.807) is 0 Å². The highest BCUT2D eigenvalue weighted by Gasteiger charge is 2.34. The molecule has 0 heterocycles. The van der Waals surface area contributed by atoms with Crippen LogP contribution in [0.2, 0.25) is 0 Å². The second kappa shape index (κ2) is 10.7. The summed E-state index contributed by atoms with van der Waals surface area (Å²) in [6.45, 7) is 11.0. The molecular weight excluding hydrogens is 234 g/mol. The molecular formula is C17H37NO. The highest BCUT2D eigenvalue weighted by atomic mass is 16.5. The van der Waals surface area contributed by atoms with E-state index in [0.717, 1.165) is 12.8 Å². The Morgan fingerprint density at radius 2 is 1.42 bits per heavy atom. The van der Waals surface area contributed by atoms with Crippen LogP contribution in [0.25, 0.3) is 0 Å². The molecule has 2 nitrogen and oxygen atoms in total. The van der Waals surface area contributed by atoms with Gasteiger partial charge in [-0.25, -0.2) is 0 Å². The van der Waals surface area contributed by atoms with Crippen LogP contribution >= 0.6 is 0 Å². The lowest BCUT2D eigenvalue weighted by atomic mass is 9.80. The van der Waals surface area contributed by atoms with Gasteiger partial charge in [0.25, 0.3) is 0 Å². The zero-order chi connectivity index (χ0) is 14.7. The van der Waals surface area contributed by atoms with Crippen molar-refractivity contribution >= 4 is 0 Å². The van der Waals surface area contributed by atoms with Crippen molar-refractivity contribution in [2.75, 3.05) is 0 Å². The molecule has 19 heavy (non-hydrogen) atoms. The van der Waals surface area contributed by atoms with Crippen molar-refractivity contribution in [3.63, 3.8) is 0 Å². The van der Waals surface area contributed by atoms with E-state index in [9.17, 15) is 0 Å². The molecule has 0 fully saturated rings. The smallest absolute Gasteiger partial charge is 0.103 e. The molecule has 0 aliphatic rings. The number of unbranched alkanes of at least 4 members (excludes halogenated alkanes) is 5. The minimum atomic E-state index is -0.160. The summed E-state index contributed by atoms with van der Waals surface area (Å²) in [5, 5.41) is 0. The van der Waals surface area contributed by atoms with Crippen LogP contribution < -0.4 is 5.73 Å². The first-order valence-electron chi connectivity index (χ1n) is 8.45. The van der Waals surface area contributed by atoms with E-state index >= 15 is 0 Å². The van der Waals surface area contributed by atoms with E-state index < -0.39 is 0 Å². The van der Waals surface area contributed by atoms with Gasteiger partial charge in [0.1, 0.15) is 6.23 Å². The van der Waals surface area contributed by atoms with Gasteiger partial charge < -0.3 is 10.5 Å². The van der Waals surface area contributed by atoms with Gasteiger partial charge in [-0.15, -0.1) is 0 Å². The summed E-state index contributed by atoms with van der Waals surface area (Å²) < 4.78 is 6.07. The fraction of sp³-hybridized carbons (Fsp3) is 1.00. The maximum Gasteiger partial charge on any atom is 0.103 e. The lowest BCUT2D eigenvalue weighted by molar-refractivity contribution is -0.123. The average molecular weight is 271 g/mol. The fourth-order valence-corrected chi connectivity index (χ4v) is 3.09. The first-order chi connectivity index (χ1) is 9.02. The van der Waals surface area contributed by atoms with Gasteiger partial charge in [0.15, 0.2) is 0 Å². The monoisotopic (exact) mass is 271 g/mol. The van der Waals surface area contributed by atoms with Crippen molar-refractivity contribution in [3.8, 4) is 0 Å². The summed E-state index contributed by atoms with van der Waals surface area (Å²) in [7, 11) is 0. The second-order valence-corrected chi connectivity index (χ2v) is 6.05. The largest absolute Gasteiger partial charge is 0.357 e. The number of hydrogen-bond acceptors (Lipinski definition) is 2. The minimum absolute atomic E-state index is 0.0163. The Morgan fingerprint density at radius 1 is 0.895 bits per heavy atom. The maximum absolute atomic E-state index is 6.07. The molecule has 0 amide bonds. The van der Waals surface area contributed by atoms with E-state index in [1.807, 2.05) is 6.92 Å². The third-order valence-corrected chi connectivity index (χ3v) is 4.51. The first kappa shape index (κ1) is 18.9. The van der Waals surface area contributed by atoms with Gasteiger partial charge in [-0.1, -0.05) is 66.2 Å². The summed E-state index contributed by atoms with van der Waals surface area (Å²) >= 11 is 0. The lowest BCUT2D eigenvalue weighted by Crippen LogP contribution is -2.43. The highest BCUT2D eigenvalue weighted by molar-refractivity contribution is 4.84. The van der Waals surface area contributed by atoms with Crippen LogP contribution in [0.5, 0.6) is 0 Å². The van der Waals surface area contributed by atoms with Crippen molar-refractivity contribution in [3.05, 3.63) is 0 Å². The molecule has 0 aromatic heterocycles. The fourth-order valence-electron chi connectivity index (χ4n) is 3.09. The molecule has 0 aromatic carbocycles. The van der Waals surface area contributed by atoms with E-state index in [4.69, 9.17) is 10.5 Å². The molecule has 0 aliphatic carbocycles. The van der Waals surface area contributed by atoms with Crippen LogP contribution in [0.3, 0.4) is 0 Å². The number of hydrogen-bond donors (Lipinski definition) is 1. The van der Waals surface area contributed by atoms with Crippen LogP contribution in [0.1, 0.15) is 92.4 Å². The average Bonchev–Trinajstić information content (AvgIpc) is 2.39. The lowest BCUT2D eigenvalue weighted by Gasteiger charge is -2.39. The summed E-state index contributed by atoms with van der Waals surface area (Å²) in [6.07, 6.45) is 11.4.